The molecular formula is C9H13N2O9P. The summed E-state index contributed by atoms with van der Waals surface area (Å²) >= 11 is 0. The van der Waals surface area contributed by atoms with Gasteiger partial charge < -0.3 is 24.7 Å². The maximum absolute atomic E-state index is 11.7. The van der Waals surface area contributed by atoms with Crippen molar-refractivity contribution in [3.8, 4) is 0 Å². The summed E-state index contributed by atoms with van der Waals surface area (Å²) in [4.78, 5) is 42.3. The number of nitrogens with zero attached hydrogens (tertiary/aromatic N) is 1. The highest BCUT2D eigenvalue weighted by Crippen LogP contribution is 2.42. The molecule has 21 heavy (non-hydrogen) atoms. The summed E-state index contributed by atoms with van der Waals surface area (Å²) in [5.74, 6) is 0. The number of hydrogen-bond acceptors (Lipinski definition) is 7. The van der Waals surface area contributed by atoms with Crippen LogP contribution in [0.25, 0.3) is 0 Å². The number of hydrogen-bond donors (Lipinski definition) is 5. The van der Waals surface area contributed by atoms with Crippen LogP contribution in [0.1, 0.15) is 18.2 Å². The van der Waals surface area contributed by atoms with Crippen LogP contribution in [-0.2, 0) is 20.4 Å². The van der Waals surface area contributed by atoms with Gasteiger partial charge in [-0.2, -0.15) is 0 Å². The summed E-state index contributed by atoms with van der Waals surface area (Å²) in [5, 5.41) is 18.6. The average Bonchev–Trinajstić information content (AvgIpc) is 2.68. The lowest BCUT2D eigenvalue weighted by Gasteiger charge is -2.17. The monoisotopic (exact) mass is 324 g/mol. The van der Waals surface area contributed by atoms with Crippen LogP contribution in [0.5, 0.6) is 0 Å². The first-order valence-corrected chi connectivity index (χ1v) is 7.27. The molecule has 2 rings (SSSR count). The first kappa shape index (κ1) is 16.0. The van der Waals surface area contributed by atoms with Gasteiger partial charge in [0.25, 0.3) is 5.56 Å². The maximum Gasteiger partial charge on any atom is 0.472 e. The molecule has 1 aliphatic heterocycles. The molecular weight excluding hydrogens is 311 g/mol. The number of rotatable bonds is 4. The Balaban J connectivity index is 2.27. The number of aromatic nitrogens is 2. The molecule has 1 fully saturated rings. The number of phosphoric acid groups is 1. The first-order chi connectivity index (χ1) is 9.71. The zero-order valence-corrected chi connectivity index (χ0v) is 11.3. The summed E-state index contributed by atoms with van der Waals surface area (Å²) in [6.45, 7) is -0.618. The molecule has 0 saturated carbocycles. The van der Waals surface area contributed by atoms with Gasteiger partial charge in [-0.3, -0.25) is 18.9 Å². The topological polar surface area (TPSA) is 171 Å². The van der Waals surface area contributed by atoms with E-state index in [9.17, 15) is 19.3 Å². The van der Waals surface area contributed by atoms with Crippen molar-refractivity contribution in [1.29, 1.82) is 0 Å². The third kappa shape index (κ3) is 3.66. The van der Waals surface area contributed by atoms with Crippen LogP contribution >= 0.6 is 7.82 Å². The predicted octanol–water partition coefficient (Wildman–Crippen LogP) is -2.26. The predicted molar refractivity (Wildman–Crippen MR) is 64.9 cm³/mol. The highest BCUT2D eigenvalue weighted by atomic mass is 31.2. The molecule has 3 atom stereocenters. The Labute approximate surface area is 116 Å². The van der Waals surface area contributed by atoms with E-state index in [4.69, 9.17) is 19.6 Å². The fourth-order valence-electron chi connectivity index (χ4n) is 1.88. The lowest BCUT2D eigenvalue weighted by Crippen LogP contribution is -2.34. The molecule has 1 saturated heterocycles. The molecule has 0 bridgehead atoms. The summed E-state index contributed by atoms with van der Waals surface area (Å²) in [7, 11) is -4.88. The van der Waals surface area contributed by atoms with Crippen LogP contribution in [0.15, 0.2) is 15.8 Å². The standard InChI is InChI=1S/C9H13N2O9P/c12-3-4-2-11(9(15)10-7(4)14)6-1-5(13)8(19-6)20-21(16,17)18/h2,5-6,8,12-13H,1,3H2,(H,10,14,15)(H2,16,17,18)/t5-,6+,8+/m0/s1. The number of H-pyrrole nitrogens is 1. The second-order valence-corrected chi connectivity index (χ2v) is 5.53. The smallest absolute Gasteiger partial charge is 0.391 e. The Bertz CT molecular complexity index is 677. The Morgan fingerprint density at radius 3 is 2.71 bits per heavy atom. The summed E-state index contributed by atoms with van der Waals surface area (Å²) in [5.41, 5.74) is -1.72. The van der Waals surface area contributed by atoms with Crippen molar-refractivity contribution in [3.63, 3.8) is 0 Å². The lowest BCUT2D eigenvalue weighted by atomic mass is 10.2. The van der Waals surface area contributed by atoms with Gasteiger partial charge in [-0.05, 0) is 0 Å². The van der Waals surface area contributed by atoms with Crippen LogP contribution < -0.4 is 11.2 Å². The van der Waals surface area contributed by atoms with Crippen molar-refractivity contribution in [2.24, 2.45) is 0 Å². The van der Waals surface area contributed by atoms with Crippen molar-refractivity contribution in [1.82, 2.24) is 9.55 Å². The molecule has 1 aromatic heterocycles. The number of aliphatic hydroxyl groups is 2. The van der Waals surface area contributed by atoms with Gasteiger partial charge >= 0.3 is 13.5 Å². The van der Waals surface area contributed by atoms with E-state index in [0.29, 0.717) is 0 Å². The van der Waals surface area contributed by atoms with Crippen molar-refractivity contribution >= 4 is 7.82 Å². The normalized spacial score (nSPS) is 26.2. The molecule has 2 heterocycles. The van der Waals surface area contributed by atoms with Crippen LogP contribution in [0.2, 0.25) is 0 Å². The van der Waals surface area contributed by atoms with E-state index in [1.807, 2.05) is 4.98 Å². The minimum atomic E-state index is -4.88. The molecule has 0 unspecified atom stereocenters. The second kappa shape index (κ2) is 5.81. The van der Waals surface area contributed by atoms with Gasteiger partial charge in [-0.1, -0.05) is 0 Å². The van der Waals surface area contributed by atoms with Gasteiger partial charge in [-0.15, -0.1) is 0 Å². The van der Waals surface area contributed by atoms with E-state index >= 15 is 0 Å². The molecule has 0 aromatic carbocycles. The van der Waals surface area contributed by atoms with Crippen LogP contribution in [0.3, 0.4) is 0 Å². The van der Waals surface area contributed by atoms with E-state index < -0.39 is 44.3 Å². The number of ether oxygens (including phenoxy) is 1. The third-order valence-electron chi connectivity index (χ3n) is 2.81. The zero-order valence-electron chi connectivity index (χ0n) is 10.4. The molecule has 0 spiro atoms. The molecule has 1 aromatic rings. The number of nitrogens with one attached hydrogen (secondary N) is 1. The van der Waals surface area contributed by atoms with Gasteiger partial charge in [0.2, 0.25) is 0 Å². The quantitative estimate of drug-likeness (QED) is 0.383. The number of phosphoric ester groups is 1. The van der Waals surface area contributed by atoms with Crippen LogP contribution in [-0.4, -0.2) is 41.9 Å². The third-order valence-corrected chi connectivity index (χ3v) is 3.29. The molecule has 5 N–H and O–H groups in total. The van der Waals surface area contributed by atoms with Gasteiger partial charge in [0, 0.05) is 12.6 Å². The largest absolute Gasteiger partial charge is 0.472 e. The Morgan fingerprint density at radius 1 is 1.48 bits per heavy atom. The minimum absolute atomic E-state index is 0.105. The Morgan fingerprint density at radius 2 is 2.14 bits per heavy atom. The molecule has 11 nitrogen and oxygen atoms in total. The van der Waals surface area contributed by atoms with E-state index in [0.717, 1.165) is 10.8 Å². The van der Waals surface area contributed by atoms with Gasteiger partial charge in [0.1, 0.15) is 12.3 Å². The molecule has 0 aliphatic carbocycles. The van der Waals surface area contributed by atoms with E-state index in [1.54, 1.807) is 0 Å². The Kier molecular flexibility index (Phi) is 4.44. The summed E-state index contributed by atoms with van der Waals surface area (Å²) < 4.78 is 20.9. The van der Waals surface area contributed by atoms with Crippen LogP contribution in [0.4, 0.5) is 0 Å². The van der Waals surface area contributed by atoms with E-state index in [1.165, 1.54) is 0 Å². The number of aliphatic hydroxyl groups excluding tert-OH is 2. The maximum atomic E-state index is 11.7. The van der Waals surface area contributed by atoms with Gasteiger partial charge in [-0.25, -0.2) is 9.36 Å². The lowest BCUT2D eigenvalue weighted by molar-refractivity contribution is -0.135. The fraction of sp³-hybridized carbons (Fsp3) is 0.556. The minimum Gasteiger partial charge on any atom is -0.391 e. The molecule has 0 amide bonds. The zero-order chi connectivity index (χ0) is 15.8. The van der Waals surface area contributed by atoms with E-state index in [2.05, 4.69) is 4.52 Å². The molecule has 0 radical (unpaired) electrons. The van der Waals surface area contributed by atoms with Crippen molar-refractivity contribution in [3.05, 3.63) is 32.6 Å². The second-order valence-electron chi connectivity index (χ2n) is 4.34. The molecule has 118 valence electrons. The fourth-order valence-corrected chi connectivity index (χ4v) is 2.34. The van der Waals surface area contributed by atoms with E-state index in [-0.39, 0.29) is 12.0 Å². The summed E-state index contributed by atoms with van der Waals surface area (Å²) in [6.07, 6.45) is -3.25. The summed E-state index contributed by atoms with van der Waals surface area (Å²) in [6, 6.07) is 0. The SMILES string of the molecule is O=c1[nH]c(=O)n([C@H]2C[C@H](O)[C@@H](OP(=O)(O)O)O2)cc1CO. The molecule has 1 aliphatic rings. The molecule has 12 heteroatoms. The van der Waals surface area contributed by atoms with Crippen molar-refractivity contribution < 1.29 is 33.8 Å². The highest BCUT2D eigenvalue weighted by molar-refractivity contribution is 7.46. The van der Waals surface area contributed by atoms with Gasteiger partial charge in [0.05, 0.1) is 12.2 Å². The Hall–Kier alpha value is -1.33. The van der Waals surface area contributed by atoms with Crippen LogP contribution in [0, 0.1) is 0 Å². The first-order valence-electron chi connectivity index (χ1n) is 5.74. The highest BCUT2D eigenvalue weighted by Gasteiger charge is 2.40. The van der Waals surface area contributed by atoms with Crippen molar-refractivity contribution in [2.75, 3.05) is 0 Å². The van der Waals surface area contributed by atoms with Gasteiger partial charge in [0.15, 0.2) is 6.29 Å². The average molecular weight is 324 g/mol. The van der Waals surface area contributed by atoms with Crippen molar-refractivity contribution in [2.45, 2.75) is 31.6 Å². The number of aromatic amines is 1.